The van der Waals surface area contributed by atoms with Crippen LogP contribution in [0.2, 0.25) is 0 Å². The number of carbonyl (C=O) groups is 2. The van der Waals surface area contributed by atoms with E-state index in [2.05, 4.69) is 4.85 Å². The molecule has 0 aliphatic carbocycles. The Bertz CT molecular complexity index is 864. The van der Waals surface area contributed by atoms with Crippen LogP contribution in [0.25, 0.3) is 4.85 Å². The van der Waals surface area contributed by atoms with Crippen molar-refractivity contribution in [1.29, 1.82) is 5.26 Å². The van der Waals surface area contributed by atoms with Crippen LogP contribution < -0.4 is 9.47 Å². The molecule has 0 amide bonds. The molecule has 6 nitrogen and oxygen atoms in total. The molecule has 0 unspecified atom stereocenters. The molecule has 0 aromatic heterocycles. The number of nitrogens with zero attached hydrogens (tertiary/aromatic N) is 2. The van der Waals surface area contributed by atoms with E-state index < -0.39 is 11.9 Å². The van der Waals surface area contributed by atoms with Gasteiger partial charge in [-0.15, -0.1) is 0 Å². The van der Waals surface area contributed by atoms with Gasteiger partial charge in [0.25, 0.3) is 0 Å². The molecule has 6 heteroatoms. The summed E-state index contributed by atoms with van der Waals surface area (Å²) in [6, 6.07) is 13.8. The summed E-state index contributed by atoms with van der Waals surface area (Å²) in [5.74, 6) is 2.35. The van der Waals surface area contributed by atoms with E-state index in [1.165, 1.54) is 24.3 Å². The molecule has 0 radical (unpaired) electrons. The average molecular weight is 316 g/mol. The first-order valence-corrected chi connectivity index (χ1v) is 6.54. The minimum absolute atomic E-state index is 0.145. The van der Waals surface area contributed by atoms with Crippen LogP contribution >= 0.6 is 0 Å². The summed E-state index contributed by atoms with van der Waals surface area (Å²) in [6.07, 6.45) is 0. The van der Waals surface area contributed by atoms with Gasteiger partial charge in [0.1, 0.15) is 11.5 Å². The van der Waals surface area contributed by atoms with Gasteiger partial charge in [-0.1, -0.05) is 18.2 Å². The van der Waals surface area contributed by atoms with Gasteiger partial charge in [-0.3, -0.25) is 0 Å². The van der Waals surface area contributed by atoms with Crippen molar-refractivity contribution in [3.8, 4) is 29.4 Å². The fourth-order valence-corrected chi connectivity index (χ4v) is 1.61. The van der Waals surface area contributed by atoms with Crippen LogP contribution in [-0.4, -0.2) is 11.9 Å². The van der Waals surface area contributed by atoms with Crippen molar-refractivity contribution in [3.05, 3.63) is 65.5 Å². The second-order valence-corrected chi connectivity index (χ2v) is 4.28. The van der Waals surface area contributed by atoms with Crippen molar-refractivity contribution in [2.45, 2.75) is 0 Å². The van der Waals surface area contributed by atoms with Crippen molar-refractivity contribution in [1.82, 2.24) is 0 Å². The van der Waals surface area contributed by atoms with Gasteiger partial charge in [0.05, 0.1) is 18.2 Å². The average Bonchev–Trinajstić information content (AvgIpc) is 2.60. The number of hydrogen-bond acceptors (Lipinski definition) is 5. The number of hydrogen-bond donors (Lipinski definition) is 0. The molecule has 2 rings (SSSR count). The molecule has 0 aliphatic rings. The second-order valence-electron chi connectivity index (χ2n) is 4.28. The van der Waals surface area contributed by atoms with E-state index in [1.54, 1.807) is 24.3 Å². The third kappa shape index (κ3) is 4.73. The van der Waals surface area contributed by atoms with E-state index >= 15 is 0 Å². The SMILES string of the molecule is [C-]#[N+]c1cccc(OC(=O)C#CC(=O)Oc2cccc(C#N)c2)c1. The lowest BCUT2D eigenvalue weighted by molar-refractivity contribution is -0.130. The van der Waals surface area contributed by atoms with Crippen molar-refractivity contribution in [3.63, 3.8) is 0 Å². The number of rotatable bonds is 2. The maximum Gasteiger partial charge on any atom is 0.390 e. The molecule has 0 saturated carbocycles. The predicted molar refractivity (Wildman–Crippen MR) is 82.9 cm³/mol. The number of benzene rings is 2. The van der Waals surface area contributed by atoms with Crippen LogP contribution in [0.15, 0.2) is 48.5 Å². The maximum absolute atomic E-state index is 11.5. The summed E-state index contributed by atoms with van der Waals surface area (Å²) in [7, 11) is 0. The van der Waals surface area contributed by atoms with Gasteiger partial charge in [0.15, 0.2) is 5.69 Å². The minimum Gasteiger partial charge on any atom is -0.418 e. The highest BCUT2D eigenvalue weighted by Crippen LogP contribution is 2.19. The molecular weight excluding hydrogens is 308 g/mol. The lowest BCUT2D eigenvalue weighted by atomic mass is 10.2. The van der Waals surface area contributed by atoms with E-state index in [0.717, 1.165) is 0 Å². The van der Waals surface area contributed by atoms with Crippen LogP contribution in [0.5, 0.6) is 11.5 Å². The van der Waals surface area contributed by atoms with Gasteiger partial charge in [-0.05, 0) is 30.3 Å². The van der Waals surface area contributed by atoms with Gasteiger partial charge in [0, 0.05) is 11.8 Å². The highest BCUT2D eigenvalue weighted by Gasteiger charge is 2.05. The van der Waals surface area contributed by atoms with Gasteiger partial charge in [-0.25, -0.2) is 14.4 Å². The third-order valence-electron chi connectivity index (χ3n) is 2.60. The Kier molecular flexibility index (Phi) is 5.29. The Hall–Kier alpha value is -4.08. The van der Waals surface area contributed by atoms with Crippen LogP contribution in [0.1, 0.15) is 5.56 Å². The Morgan fingerprint density at radius 1 is 0.958 bits per heavy atom. The highest BCUT2D eigenvalue weighted by molar-refractivity contribution is 5.99. The van der Waals surface area contributed by atoms with Crippen LogP contribution in [0.3, 0.4) is 0 Å². The first kappa shape index (κ1) is 16.3. The molecule has 114 valence electrons. The van der Waals surface area contributed by atoms with Gasteiger partial charge < -0.3 is 9.47 Å². The van der Waals surface area contributed by atoms with Gasteiger partial charge in [0.2, 0.25) is 0 Å². The van der Waals surface area contributed by atoms with Crippen LogP contribution in [-0.2, 0) is 9.59 Å². The van der Waals surface area contributed by atoms with Crippen molar-refractivity contribution in [2.75, 3.05) is 0 Å². The van der Waals surface area contributed by atoms with E-state index in [1.807, 2.05) is 17.9 Å². The second kappa shape index (κ2) is 7.79. The minimum atomic E-state index is -0.961. The normalized spacial score (nSPS) is 8.75. The number of esters is 2. The van der Waals surface area contributed by atoms with Crippen molar-refractivity contribution >= 4 is 17.6 Å². The van der Waals surface area contributed by atoms with E-state index in [4.69, 9.17) is 21.3 Å². The fraction of sp³-hybridized carbons (Fsp3) is 0. The number of ether oxygens (including phenoxy) is 2. The summed E-state index contributed by atoms with van der Waals surface area (Å²) >= 11 is 0. The van der Waals surface area contributed by atoms with Crippen molar-refractivity contribution in [2.24, 2.45) is 0 Å². The summed E-state index contributed by atoms with van der Waals surface area (Å²) < 4.78 is 9.77. The summed E-state index contributed by atoms with van der Waals surface area (Å²) in [6.45, 7) is 6.87. The Morgan fingerprint density at radius 2 is 1.54 bits per heavy atom. The summed E-state index contributed by atoms with van der Waals surface area (Å²) in [5.41, 5.74) is 0.636. The predicted octanol–water partition coefficient (Wildman–Crippen LogP) is 2.62. The molecule has 2 aromatic rings. The molecule has 0 aliphatic heterocycles. The van der Waals surface area contributed by atoms with Crippen LogP contribution in [0, 0.1) is 29.7 Å². The fourth-order valence-electron chi connectivity index (χ4n) is 1.61. The number of nitriles is 1. The Morgan fingerprint density at radius 3 is 2.12 bits per heavy atom. The van der Waals surface area contributed by atoms with E-state index in [0.29, 0.717) is 11.3 Å². The molecule has 0 spiro atoms. The van der Waals surface area contributed by atoms with Crippen molar-refractivity contribution < 1.29 is 19.1 Å². The summed E-state index contributed by atoms with van der Waals surface area (Å²) in [5, 5.41) is 8.75. The van der Waals surface area contributed by atoms with Gasteiger partial charge in [-0.2, -0.15) is 5.26 Å². The molecule has 0 heterocycles. The lowest BCUT2D eigenvalue weighted by Crippen LogP contribution is -2.08. The van der Waals surface area contributed by atoms with Crippen LogP contribution in [0.4, 0.5) is 5.69 Å². The third-order valence-corrected chi connectivity index (χ3v) is 2.60. The van der Waals surface area contributed by atoms with E-state index in [9.17, 15) is 9.59 Å². The van der Waals surface area contributed by atoms with Gasteiger partial charge >= 0.3 is 11.9 Å². The molecule has 0 atom stereocenters. The topological polar surface area (TPSA) is 80.8 Å². The molecular formula is C18H8N2O4. The summed E-state index contributed by atoms with van der Waals surface area (Å²) in [4.78, 5) is 26.3. The zero-order chi connectivity index (χ0) is 17.4. The molecule has 0 saturated heterocycles. The largest absolute Gasteiger partial charge is 0.418 e. The quantitative estimate of drug-likeness (QED) is 0.280. The molecule has 0 bridgehead atoms. The smallest absolute Gasteiger partial charge is 0.390 e. The molecule has 2 aromatic carbocycles. The first-order valence-electron chi connectivity index (χ1n) is 6.54. The molecule has 0 N–H and O–H groups in total. The number of carbonyl (C=O) groups excluding carboxylic acids is 2. The zero-order valence-electron chi connectivity index (χ0n) is 12.1. The van der Waals surface area contributed by atoms with E-state index in [-0.39, 0.29) is 11.5 Å². The molecule has 0 fully saturated rings. The Balaban J connectivity index is 1.98. The highest BCUT2D eigenvalue weighted by atomic mass is 16.5. The monoisotopic (exact) mass is 316 g/mol. The standard InChI is InChI=1S/C18H8N2O4/c1-20-14-5-3-7-16(11-14)24-18(22)9-8-17(21)23-15-6-2-4-13(10-15)12-19/h2-7,10-11H. The lowest BCUT2D eigenvalue weighted by Gasteiger charge is -2.00. The maximum atomic E-state index is 11.5. The molecule has 24 heavy (non-hydrogen) atoms. The zero-order valence-corrected chi connectivity index (χ0v) is 12.1. The Labute approximate surface area is 137 Å². The first-order chi connectivity index (χ1) is 11.6.